The topological polar surface area (TPSA) is 63.4 Å². The lowest BCUT2D eigenvalue weighted by molar-refractivity contribution is 0.324. The minimum Gasteiger partial charge on any atom is -0.329 e. The summed E-state index contributed by atoms with van der Waals surface area (Å²) in [5, 5.41) is 0. The van der Waals surface area contributed by atoms with Crippen LogP contribution in [0.3, 0.4) is 0 Å². The molecule has 2 N–H and O–H groups in total. The van der Waals surface area contributed by atoms with Crippen molar-refractivity contribution in [3.05, 3.63) is 29.6 Å². The molecule has 0 aromatic heterocycles. The Morgan fingerprint density at radius 1 is 1.14 bits per heavy atom. The molecule has 1 unspecified atom stereocenters. The van der Waals surface area contributed by atoms with Crippen LogP contribution in [-0.4, -0.2) is 31.9 Å². The third-order valence-corrected chi connectivity index (χ3v) is 5.63. The maximum atomic E-state index is 13.8. The molecule has 1 aliphatic heterocycles. The molecule has 8 heteroatoms. The van der Waals surface area contributed by atoms with Gasteiger partial charge in [0.25, 0.3) is 0 Å². The first kappa shape index (κ1) is 16.3. The smallest absolute Gasteiger partial charge is 0.249 e. The first-order valence-electron chi connectivity index (χ1n) is 6.74. The SMILES string of the molecule is NCC1CCCCCN1S(=O)(=O)c1c(F)cc(F)cc1F. The van der Waals surface area contributed by atoms with Gasteiger partial charge in [0.05, 0.1) is 0 Å². The van der Waals surface area contributed by atoms with Crippen LogP contribution in [0.15, 0.2) is 17.0 Å². The maximum Gasteiger partial charge on any atom is 0.249 e. The molecule has 1 aliphatic rings. The van der Waals surface area contributed by atoms with Crippen molar-refractivity contribution in [1.29, 1.82) is 0 Å². The van der Waals surface area contributed by atoms with E-state index in [1.54, 1.807) is 0 Å². The predicted molar refractivity (Wildman–Crippen MR) is 71.5 cm³/mol. The van der Waals surface area contributed by atoms with Crippen molar-refractivity contribution in [2.75, 3.05) is 13.1 Å². The number of halogens is 3. The normalized spacial score (nSPS) is 21.2. The van der Waals surface area contributed by atoms with E-state index in [1.165, 1.54) is 0 Å². The predicted octanol–water partition coefficient (Wildman–Crippen LogP) is 2.00. The van der Waals surface area contributed by atoms with Gasteiger partial charge in [0, 0.05) is 31.3 Å². The van der Waals surface area contributed by atoms with Gasteiger partial charge in [-0.05, 0) is 12.8 Å². The highest BCUT2D eigenvalue weighted by Gasteiger charge is 2.36. The van der Waals surface area contributed by atoms with Gasteiger partial charge < -0.3 is 5.73 Å². The first-order chi connectivity index (χ1) is 9.87. The number of rotatable bonds is 3. The van der Waals surface area contributed by atoms with E-state index in [9.17, 15) is 21.6 Å². The van der Waals surface area contributed by atoms with Crippen LogP contribution < -0.4 is 5.73 Å². The van der Waals surface area contributed by atoms with Gasteiger partial charge in [0.1, 0.15) is 17.5 Å². The Morgan fingerprint density at radius 3 is 2.33 bits per heavy atom. The van der Waals surface area contributed by atoms with Crippen molar-refractivity contribution < 1.29 is 21.6 Å². The van der Waals surface area contributed by atoms with E-state index in [-0.39, 0.29) is 13.1 Å². The molecule has 1 fully saturated rings. The molecule has 2 rings (SSSR count). The second-order valence-corrected chi connectivity index (χ2v) is 6.88. The van der Waals surface area contributed by atoms with Gasteiger partial charge in [-0.25, -0.2) is 21.6 Å². The van der Waals surface area contributed by atoms with Crippen LogP contribution in [0.1, 0.15) is 25.7 Å². The van der Waals surface area contributed by atoms with Crippen molar-refractivity contribution in [2.24, 2.45) is 5.73 Å². The highest BCUT2D eigenvalue weighted by molar-refractivity contribution is 7.89. The summed E-state index contributed by atoms with van der Waals surface area (Å²) in [6, 6.07) is 0.234. The first-order valence-corrected chi connectivity index (χ1v) is 8.18. The fraction of sp³-hybridized carbons (Fsp3) is 0.538. The van der Waals surface area contributed by atoms with Crippen LogP contribution in [0.25, 0.3) is 0 Å². The van der Waals surface area contributed by atoms with Crippen LogP contribution in [0.4, 0.5) is 13.2 Å². The lowest BCUT2D eigenvalue weighted by Crippen LogP contribution is -2.44. The van der Waals surface area contributed by atoms with Crippen LogP contribution in [-0.2, 0) is 10.0 Å². The lowest BCUT2D eigenvalue weighted by atomic mass is 10.1. The molecular formula is C13H17F3N2O2S. The number of sulfonamides is 1. The average Bonchev–Trinajstić information content (AvgIpc) is 2.62. The van der Waals surface area contributed by atoms with Crippen molar-refractivity contribution in [2.45, 2.75) is 36.6 Å². The largest absolute Gasteiger partial charge is 0.329 e. The number of benzene rings is 1. The zero-order valence-corrected chi connectivity index (χ0v) is 12.2. The minimum absolute atomic E-state index is 0.0731. The molecule has 1 heterocycles. The van der Waals surface area contributed by atoms with Gasteiger partial charge >= 0.3 is 0 Å². The summed E-state index contributed by atoms with van der Waals surface area (Å²) in [5.74, 6) is -4.00. The molecule has 1 saturated heterocycles. The third-order valence-electron chi connectivity index (χ3n) is 3.62. The number of hydrogen-bond acceptors (Lipinski definition) is 3. The molecule has 118 valence electrons. The van der Waals surface area contributed by atoms with E-state index >= 15 is 0 Å². The Bertz CT molecular complexity index is 599. The van der Waals surface area contributed by atoms with E-state index < -0.39 is 38.4 Å². The summed E-state index contributed by atoms with van der Waals surface area (Å²) in [6.45, 7) is 0.226. The van der Waals surface area contributed by atoms with Gasteiger partial charge in [-0.15, -0.1) is 0 Å². The second-order valence-electron chi connectivity index (χ2n) is 5.05. The van der Waals surface area contributed by atoms with Crippen LogP contribution >= 0.6 is 0 Å². The Labute approximate surface area is 121 Å². The number of nitrogens with zero attached hydrogens (tertiary/aromatic N) is 1. The Hall–Kier alpha value is -1.12. The van der Waals surface area contributed by atoms with Gasteiger partial charge in [-0.3, -0.25) is 0 Å². The number of nitrogens with two attached hydrogens (primary N) is 1. The fourth-order valence-electron chi connectivity index (χ4n) is 2.60. The summed E-state index contributed by atoms with van der Waals surface area (Å²) < 4.78 is 66.6. The molecule has 0 bridgehead atoms. The summed E-state index contributed by atoms with van der Waals surface area (Å²) in [6.07, 6.45) is 2.78. The summed E-state index contributed by atoms with van der Waals surface area (Å²) in [5.41, 5.74) is 5.58. The Kier molecular flexibility index (Phi) is 4.90. The second kappa shape index (κ2) is 6.33. The molecule has 1 aromatic rings. The van der Waals surface area contributed by atoms with Crippen LogP contribution in [0.5, 0.6) is 0 Å². The fourth-order valence-corrected chi connectivity index (χ4v) is 4.39. The lowest BCUT2D eigenvalue weighted by Gasteiger charge is -2.28. The Balaban J connectivity index is 2.50. The zero-order valence-electron chi connectivity index (χ0n) is 11.4. The molecular weight excluding hydrogens is 305 g/mol. The zero-order chi connectivity index (χ0) is 15.6. The summed E-state index contributed by atoms with van der Waals surface area (Å²) >= 11 is 0. The number of hydrogen-bond donors (Lipinski definition) is 1. The summed E-state index contributed by atoms with van der Waals surface area (Å²) in [7, 11) is -4.39. The quantitative estimate of drug-likeness (QED) is 0.926. The van der Waals surface area contributed by atoms with Gasteiger partial charge in [0.15, 0.2) is 4.90 Å². The van der Waals surface area contributed by atoms with Gasteiger partial charge in [-0.1, -0.05) is 12.8 Å². The molecule has 1 atom stereocenters. The molecule has 4 nitrogen and oxygen atoms in total. The minimum atomic E-state index is -4.39. The van der Waals surface area contributed by atoms with Crippen molar-refractivity contribution in [3.63, 3.8) is 0 Å². The van der Waals surface area contributed by atoms with Crippen LogP contribution in [0, 0.1) is 17.5 Å². The maximum absolute atomic E-state index is 13.8. The van der Waals surface area contributed by atoms with Crippen LogP contribution in [0.2, 0.25) is 0 Å². The van der Waals surface area contributed by atoms with Crippen molar-refractivity contribution >= 4 is 10.0 Å². The summed E-state index contributed by atoms with van der Waals surface area (Å²) in [4.78, 5) is -1.11. The highest BCUT2D eigenvalue weighted by atomic mass is 32.2. The van der Waals surface area contributed by atoms with E-state index in [1.807, 2.05) is 0 Å². The van der Waals surface area contributed by atoms with E-state index in [4.69, 9.17) is 5.73 Å². The van der Waals surface area contributed by atoms with E-state index in [0.29, 0.717) is 25.0 Å². The Morgan fingerprint density at radius 2 is 1.76 bits per heavy atom. The molecule has 0 amide bonds. The molecule has 0 radical (unpaired) electrons. The molecule has 0 saturated carbocycles. The standard InChI is InChI=1S/C13H17F3N2O2S/c14-9-6-11(15)13(12(16)7-9)21(19,20)18-5-3-1-2-4-10(18)8-17/h6-7,10H,1-5,8,17H2. The molecule has 1 aromatic carbocycles. The van der Waals surface area contributed by atoms with E-state index in [0.717, 1.165) is 17.1 Å². The monoisotopic (exact) mass is 322 g/mol. The molecule has 21 heavy (non-hydrogen) atoms. The van der Waals surface area contributed by atoms with Gasteiger partial charge in [0.2, 0.25) is 10.0 Å². The van der Waals surface area contributed by atoms with Gasteiger partial charge in [-0.2, -0.15) is 4.31 Å². The molecule has 0 spiro atoms. The highest BCUT2D eigenvalue weighted by Crippen LogP contribution is 2.28. The van der Waals surface area contributed by atoms with Crippen molar-refractivity contribution in [1.82, 2.24) is 4.31 Å². The third kappa shape index (κ3) is 3.22. The average molecular weight is 322 g/mol. The van der Waals surface area contributed by atoms with E-state index in [2.05, 4.69) is 0 Å². The molecule has 0 aliphatic carbocycles. The van der Waals surface area contributed by atoms with Crippen molar-refractivity contribution in [3.8, 4) is 0 Å².